The Kier molecular flexibility index (Phi) is 4.13. The van der Waals surface area contributed by atoms with Gasteiger partial charge in [0, 0.05) is 18.3 Å². The summed E-state index contributed by atoms with van der Waals surface area (Å²) in [6.07, 6.45) is 0. The van der Waals surface area contributed by atoms with Gasteiger partial charge in [0.05, 0.1) is 0 Å². The Morgan fingerprint density at radius 3 is 1.84 bits per heavy atom. The molecule has 0 aliphatic heterocycles. The van der Waals surface area contributed by atoms with Crippen molar-refractivity contribution in [3.63, 3.8) is 0 Å². The van der Waals surface area contributed by atoms with Gasteiger partial charge in [-0.25, -0.2) is 4.98 Å². The van der Waals surface area contributed by atoms with E-state index in [9.17, 15) is 0 Å². The van der Waals surface area contributed by atoms with Crippen LogP contribution < -0.4 is 0 Å². The SMILES string of the molecule is Ic1ccc(-c2nsc(-c3ccc(I)cc3)n2)cc1. The van der Waals surface area contributed by atoms with Crippen LogP contribution in [0.25, 0.3) is 22.0 Å². The van der Waals surface area contributed by atoms with E-state index >= 15 is 0 Å². The lowest BCUT2D eigenvalue weighted by Crippen LogP contribution is -1.81. The lowest BCUT2D eigenvalue weighted by molar-refractivity contribution is 1.32. The van der Waals surface area contributed by atoms with Gasteiger partial charge in [0.25, 0.3) is 0 Å². The summed E-state index contributed by atoms with van der Waals surface area (Å²) in [7, 11) is 0. The summed E-state index contributed by atoms with van der Waals surface area (Å²) in [4.78, 5) is 4.61. The Hall–Kier alpha value is -0.540. The van der Waals surface area contributed by atoms with Gasteiger partial charge in [0.1, 0.15) is 5.01 Å². The van der Waals surface area contributed by atoms with Crippen LogP contribution in [0.2, 0.25) is 0 Å². The first-order chi connectivity index (χ1) is 9.22. The topological polar surface area (TPSA) is 25.8 Å². The molecule has 94 valence electrons. The molecule has 19 heavy (non-hydrogen) atoms. The minimum absolute atomic E-state index is 0.801. The Labute approximate surface area is 142 Å². The largest absolute Gasteiger partial charge is 0.215 e. The van der Waals surface area contributed by atoms with E-state index in [0.717, 1.165) is 22.0 Å². The summed E-state index contributed by atoms with van der Waals surface area (Å²) >= 11 is 6.04. The molecule has 2 aromatic carbocycles. The second kappa shape index (κ2) is 5.84. The monoisotopic (exact) mass is 490 g/mol. The molecule has 0 bridgehead atoms. The van der Waals surface area contributed by atoms with E-state index in [2.05, 4.69) is 103 Å². The fourth-order valence-electron chi connectivity index (χ4n) is 1.65. The molecule has 0 aliphatic rings. The summed E-state index contributed by atoms with van der Waals surface area (Å²) in [6, 6.07) is 16.6. The average molecular weight is 490 g/mol. The summed E-state index contributed by atoms with van der Waals surface area (Å²) in [6.45, 7) is 0. The molecule has 0 saturated carbocycles. The van der Waals surface area contributed by atoms with Crippen molar-refractivity contribution in [3.05, 3.63) is 55.7 Å². The van der Waals surface area contributed by atoms with Crippen molar-refractivity contribution in [2.45, 2.75) is 0 Å². The van der Waals surface area contributed by atoms with E-state index in [1.165, 1.54) is 18.7 Å². The molecule has 0 saturated heterocycles. The van der Waals surface area contributed by atoms with Gasteiger partial charge in [-0.05, 0) is 81.0 Å². The number of halogens is 2. The molecule has 0 atom stereocenters. The summed E-state index contributed by atoms with van der Waals surface area (Å²) in [5.74, 6) is 0.801. The molecule has 0 fully saturated rings. The highest BCUT2D eigenvalue weighted by Gasteiger charge is 2.08. The van der Waals surface area contributed by atoms with Crippen LogP contribution in [0.4, 0.5) is 0 Å². The molecule has 0 spiro atoms. The Bertz CT molecular complexity index is 630. The minimum Gasteiger partial charge on any atom is -0.215 e. The third-order valence-electron chi connectivity index (χ3n) is 2.62. The summed E-state index contributed by atoms with van der Waals surface area (Å²) in [5, 5.41) is 0.963. The number of nitrogens with zero attached hydrogens (tertiary/aromatic N) is 2. The van der Waals surface area contributed by atoms with Crippen molar-refractivity contribution in [2.75, 3.05) is 0 Å². The number of aromatic nitrogens is 2. The predicted octanol–water partition coefficient (Wildman–Crippen LogP) is 5.08. The first-order valence-electron chi connectivity index (χ1n) is 5.58. The summed E-state index contributed by atoms with van der Waals surface area (Å²) in [5.41, 5.74) is 2.18. The Balaban J connectivity index is 1.95. The zero-order chi connectivity index (χ0) is 13.2. The standard InChI is InChI=1S/C14H8I2N2S/c15-11-5-1-9(2-6-11)13-17-14(19-18-13)10-3-7-12(16)8-4-10/h1-8H. The fraction of sp³-hybridized carbons (Fsp3) is 0. The van der Waals surface area contributed by atoms with Crippen molar-refractivity contribution in [3.8, 4) is 22.0 Å². The van der Waals surface area contributed by atoms with Crippen molar-refractivity contribution in [2.24, 2.45) is 0 Å². The third kappa shape index (κ3) is 3.14. The van der Waals surface area contributed by atoms with Crippen molar-refractivity contribution >= 4 is 56.7 Å². The number of rotatable bonds is 2. The number of hydrogen-bond acceptors (Lipinski definition) is 3. The van der Waals surface area contributed by atoms with Gasteiger partial charge < -0.3 is 0 Å². The molecule has 1 aromatic heterocycles. The lowest BCUT2D eigenvalue weighted by atomic mass is 10.2. The molecule has 0 N–H and O–H groups in total. The third-order valence-corrected chi connectivity index (χ3v) is 4.82. The van der Waals surface area contributed by atoms with Crippen LogP contribution in [-0.2, 0) is 0 Å². The highest BCUT2D eigenvalue weighted by Crippen LogP contribution is 2.26. The van der Waals surface area contributed by atoms with Crippen LogP contribution in [0.3, 0.4) is 0 Å². The van der Waals surface area contributed by atoms with Gasteiger partial charge in [0.15, 0.2) is 5.82 Å². The fourth-order valence-corrected chi connectivity index (χ4v) is 3.06. The van der Waals surface area contributed by atoms with Crippen molar-refractivity contribution in [1.82, 2.24) is 9.36 Å². The Morgan fingerprint density at radius 2 is 1.26 bits per heavy atom. The Morgan fingerprint density at radius 1 is 0.737 bits per heavy atom. The summed E-state index contributed by atoms with van der Waals surface area (Å²) < 4.78 is 6.88. The van der Waals surface area contributed by atoms with Crippen LogP contribution in [0, 0.1) is 7.14 Å². The highest BCUT2D eigenvalue weighted by molar-refractivity contribution is 14.1. The van der Waals surface area contributed by atoms with Gasteiger partial charge in [-0.15, -0.1) is 0 Å². The molecule has 0 unspecified atom stereocenters. The van der Waals surface area contributed by atoms with Crippen LogP contribution in [0.1, 0.15) is 0 Å². The van der Waals surface area contributed by atoms with Gasteiger partial charge >= 0.3 is 0 Å². The van der Waals surface area contributed by atoms with Crippen LogP contribution in [0.5, 0.6) is 0 Å². The molecule has 0 amide bonds. The number of benzene rings is 2. The van der Waals surface area contributed by atoms with E-state index in [0.29, 0.717) is 0 Å². The molecule has 3 rings (SSSR count). The second-order valence-electron chi connectivity index (χ2n) is 3.94. The molecule has 5 heteroatoms. The van der Waals surface area contributed by atoms with E-state index < -0.39 is 0 Å². The van der Waals surface area contributed by atoms with Crippen LogP contribution >= 0.6 is 56.7 Å². The zero-order valence-corrected chi connectivity index (χ0v) is 14.8. The van der Waals surface area contributed by atoms with Crippen LogP contribution in [0.15, 0.2) is 48.5 Å². The smallest absolute Gasteiger partial charge is 0.173 e. The molecule has 2 nitrogen and oxygen atoms in total. The van der Waals surface area contributed by atoms with Gasteiger partial charge in [-0.2, -0.15) is 4.37 Å². The van der Waals surface area contributed by atoms with E-state index in [1.54, 1.807) is 0 Å². The number of hydrogen-bond donors (Lipinski definition) is 0. The first-order valence-corrected chi connectivity index (χ1v) is 8.51. The zero-order valence-electron chi connectivity index (χ0n) is 9.68. The maximum Gasteiger partial charge on any atom is 0.173 e. The normalized spacial score (nSPS) is 10.6. The van der Waals surface area contributed by atoms with Gasteiger partial charge in [-0.3, -0.25) is 0 Å². The van der Waals surface area contributed by atoms with Crippen molar-refractivity contribution in [1.29, 1.82) is 0 Å². The molecular formula is C14H8I2N2S. The molecule has 0 aliphatic carbocycles. The first kappa shape index (κ1) is 13.4. The van der Waals surface area contributed by atoms with E-state index in [-0.39, 0.29) is 0 Å². The second-order valence-corrected chi connectivity index (χ2v) is 7.18. The highest BCUT2D eigenvalue weighted by atomic mass is 127. The molecule has 1 heterocycles. The van der Waals surface area contributed by atoms with E-state index in [1.807, 2.05) is 0 Å². The van der Waals surface area contributed by atoms with Gasteiger partial charge in [0.2, 0.25) is 0 Å². The average Bonchev–Trinajstić information content (AvgIpc) is 2.90. The van der Waals surface area contributed by atoms with Gasteiger partial charge in [-0.1, -0.05) is 24.3 Å². The quantitative estimate of drug-likeness (QED) is 0.469. The van der Waals surface area contributed by atoms with Crippen LogP contribution in [-0.4, -0.2) is 9.36 Å². The maximum atomic E-state index is 4.61. The molecule has 0 radical (unpaired) electrons. The maximum absolute atomic E-state index is 4.61. The predicted molar refractivity (Wildman–Crippen MR) is 96.2 cm³/mol. The molecular weight excluding hydrogens is 482 g/mol. The van der Waals surface area contributed by atoms with E-state index in [4.69, 9.17) is 0 Å². The lowest BCUT2D eigenvalue weighted by Gasteiger charge is -1.96. The minimum atomic E-state index is 0.801. The van der Waals surface area contributed by atoms with Crippen molar-refractivity contribution < 1.29 is 0 Å². The molecule has 3 aromatic rings.